The average molecular weight is 309 g/mol. The van der Waals surface area contributed by atoms with Gasteiger partial charge in [-0.3, -0.25) is 0 Å². The predicted molar refractivity (Wildman–Crippen MR) is 93.3 cm³/mol. The molecule has 0 aromatic heterocycles. The molecule has 1 saturated heterocycles. The van der Waals surface area contributed by atoms with Gasteiger partial charge >= 0.3 is 0 Å². The second-order valence-electron chi connectivity index (χ2n) is 7.27. The Morgan fingerprint density at radius 3 is 2.71 bits per heavy atom. The second kappa shape index (κ2) is 7.02. The molecule has 1 aliphatic rings. The molecule has 1 aliphatic heterocycles. The maximum absolute atomic E-state index is 6.27. The fraction of sp³-hybridized carbons (Fsp3) is 0.667. The summed E-state index contributed by atoms with van der Waals surface area (Å²) < 4.78 is 0. The minimum atomic E-state index is 0.126. The van der Waals surface area contributed by atoms with Crippen molar-refractivity contribution in [1.82, 2.24) is 5.32 Å². The summed E-state index contributed by atoms with van der Waals surface area (Å²) in [5.41, 5.74) is 2.79. The van der Waals surface area contributed by atoms with Crippen LogP contribution in [0, 0.1) is 0 Å². The van der Waals surface area contributed by atoms with E-state index in [1.54, 1.807) is 0 Å². The summed E-state index contributed by atoms with van der Waals surface area (Å²) in [6.45, 7) is 11.0. The molecule has 2 nitrogen and oxygen atoms in total. The number of nitrogens with one attached hydrogen (secondary N) is 1. The van der Waals surface area contributed by atoms with E-state index in [1.165, 1.54) is 36.9 Å². The van der Waals surface area contributed by atoms with Crippen LogP contribution in [0.3, 0.4) is 0 Å². The third-order valence-corrected chi connectivity index (χ3v) is 4.45. The summed E-state index contributed by atoms with van der Waals surface area (Å²) >= 11 is 6.27. The third-order valence-electron chi connectivity index (χ3n) is 4.22. The largest absolute Gasteiger partial charge is 0.369 e. The molecule has 1 unspecified atom stereocenters. The van der Waals surface area contributed by atoms with Crippen LogP contribution in [0.5, 0.6) is 0 Å². The molecule has 0 aliphatic carbocycles. The van der Waals surface area contributed by atoms with Crippen LogP contribution < -0.4 is 10.2 Å². The Morgan fingerprint density at radius 1 is 1.24 bits per heavy atom. The van der Waals surface area contributed by atoms with Gasteiger partial charge in [0.05, 0.1) is 0 Å². The molecule has 0 bridgehead atoms. The molecule has 1 atom stereocenters. The van der Waals surface area contributed by atoms with Crippen molar-refractivity contribution in [1.29, 1.82) is 0 Å². The van der Waals surface area contributed by atoms with Gasteiger partial charge in [0, 0.05) is 35.4 Å². The highest BCUT2D eigenvalue weighted by Gasteiger charge is 2.20. The zero-order valence-electron chi connectivity index (χ0n) is 13.9. The molecule has 1 aromatic rings. The van der Waals surface area contributed by atoms with E-state index < -0.39 is 0 Å². The van der Waals surface area contributed by atoms with Crippen molar-refractivity contribution < 1.29 is 0 Å². The van der Waals surface area contributed by atoms with Gasteiger partial charge in [-0.15, -0.1) is 0 Å². The van der Waals surface area contributed by atoms with Crippen molar-refractivity contribution in [3.8, 4) is 0 Å². The van der Waals surface area contributed by atoms with E-state index in [0.29, 0.717) is 6.04 Å². The van der Waals surface area contributed by atoms with Crippen LogP contribution in [0.4, 0.5) is 5.69 Å². The van der Waals surface area contributed by atoms with E-state index in [2.05, 4.69) is 50.0 Å². The summed E-state index contributed by atoms with van der Waals surface area (Å²) in [6, 6.07) is 6.92. The lowest BCUT2D eigenvalue weighted by molar-refractivity contribution is 0.424. The SMILES string of the molecule is CC1CCCCCN1c1cc(Cl)ccc1CNC(C)(C)C. The van der Waals surface area contributed by atoms with Crippen LogP contribution in [0.2, 0.25) is 5.02 Å². The Kier molecular flexibility index (Phi) is 5.56. The molecule has 0 saturated carbocycles. The lowest BCUT2D eigenvalue weighted by Gasteiger charge is -2.32. The molecule has 0 radical (unpaired) electrons. The molecule has 118 valence electrons. The Balaban J connectivity index is 2.25. The first-order valence-corrected chi connectivity index (χ1v) is 8.55. The van der Waals surface area contributed by atoms with E-state index in [-0.39, 0.29) is 5.54 Å². The smallest absolute Gasteiger partial charge is 0.0429 e. The van der Waals surface area contributed by atoms with Gasteiger partial charge in [0.15, 0.2) is 0 Å². The minimum absolute atomic E-state index is 0.126. The summed E-state index contributed by atoms with van der Waals surface area (Å²) in [4.78, 5) is 2.55. The normalized spacial score (nSPS) is 20.4. The quantitative estimate of drug-likeness (QED) is 0.845. The van der Waals surface area contributed by atoms with E-state index >= 15 is 0 Å². The van der Waals surface area contributed by atoms with Crippen LogP contribution in [-0.2, 0) is 6.54 Å². The maximum Gasteiger partial charge on any atom is 0.0429 e. The number of rotatable bonds is 3. The lowest BCUT2D eigenvalue weighted by Crippen LogP contribution is -2.37. The molecule has 1 N–H and O–H groups in total. The van der Waals surface area contributed by atoms with E-state index in [4.69, 9.17) is 11.6 Å². The molecule has 3 heteroatoms. The molecule has 21 heavy (non-hydrogen) atoms. The molecule has 1 aromatic carbocycles. The number of hydrogen-bond acceptors (Lipinski definition) is 2. The third kappa shape index (κ3) is 4.89. The first-order chi connectivity index (χ1) is 9.87. The highest BCUT2D eigenvalue weighted by molar-refractivity contribution is 6.30. The Bertz CT molecular complexity index is 465. The summed E-state index contributed by atoms with van der Waals surface area (Å²) in [6.07, 6.45) is 5.24. The summed E-state index contributed by atoms with van der Waals surface area (Å²) in [5, 5.41) is 4.43. The number of halogens is 1. The fourth-order valence-corrected chi connectivity index (χ4v) is 3.11. The van der Waals surface area contributed by atoms with Crippen LogP contribution in [0.25, 0.3) is 0 Å². The van der Waals surface area contributed by atoms with Gasteiger partial charge in [-0.25, -0.2) is 0 Å². The average Bonchev–Trinajstić information content (AvgIpc) is 2.61. The van der Waals surface area contributed by atoms with Crippen molar-refractivity contribution in [2.45, 2.75) is 71.5 Å². The van der Waals surface area contributed by atoms with Crippen LogP contribution in [0.1, 0.15) is 58.9 Å². The monoisotopic (exact) mass is 308 g/mol. The van der Waals surface area contributed by atoms with E-state index in [0.717, 1.165) is 18.1 Å². The molecule has 0 amide bonds. The van der Waals surface area contributed by atoms with Gasteiger partial charge in [-0.1, -0.05) is 30.5 Å². The number of nitrogens with zero attached hydrogens (tertiary/aromatic N) is 1. The lowest BCUT2D eigenvalue weighted by atomic mass is 10.1. The maximum atomic E-state index is 6.27. The second-order valence-corrected chi connectivity index (χ2v) is 7.70. The molecular formula is C18H29ClN2. The molecule has 2 rings (SSSR count). The van der Waals surface area contributed by atoms with Gasteiger partial charge in [-0.05, 0) is 58.2 Å². The van der Waals surface area contributed by atoms with Crippen molar-refractivity contribution in [3.05, 3.63) is 28.8 Å². The number of anilines is 1. The Hall–Kier alpha value is -0.730. The molecule has 0 spiro atoms. The molecular weight excluding hydrogens is 280 g/mol. The van der Waals surface area contributed by atoms with Gasteiger partial charge in [0.1, 0.15) is 0 Å². The summed E-state index contributed by atoms with van der Waals surface area (Å²) in [7, 11) is 0. The van der Waals surface area contributed by atoms with Gasteiger partial charge in [-0.2, -0.15) is 0 Å². The number of benzene rings is 1. The van der Waals surface area contributed by atoms with Crippen molar-refractivity contribution in [2.75, 3.05) is 11.4 Å². The van der Waals surface area contributed by atoms with Gasteiger partial charge in [0.2, 0.25) is 0 Å². The van der Waals surface area contributed by atoms with Crippen molar-refractivity contribution >= 4 is 17.3 Å². The molecule has 1 heterocycles. The minimum Gasteiger partial charge on any atom is -0.369 e. The zero-order valence-corrected chi connectivity index (χ0v) is 14.6. The van der Waals surface area contributed by atoms with Gasteiger partial charge < -0.3 is 10.2 Å². The van der Waals surface area contributed by atoms with Crippen LogP contribution in [-0.4, -0.2) is 18.1 Å². The Morgan fingerprint density at radius 2 is 2.00 bits per heavy atom. The fourth-order valence-electron chi connectivity index (χ4n) is 2.95. The van der Waals surface area contributed by atoms with Crippen LogP contribution in [0.15, 0.2) is 18.2 Å². The van der Waals surface area contributed by atoms with E-state index in [9.17, 15) is 0 Å². The molecule has 1 fully saturated rings. The van der Waals surface area contributed by atoms with Crippen molar-refractivity contribution in [2.24, 2.45) is 0 Å². The van der Waals surface area contributed by atoms with Crippen LogP contribution >= 0.6 is 11.6 Å². The highest BCUT2D eigenvalue weighted by atomic mass is 35.5. The topological polar surface area (TPSA) is 15.3 Å². The first-order valence-electron chi connectivity index (χ1n) is 8.17. The van der Waals surface area contributed by atoms with E-state index in [1.807, 2.05) is 6.07 Å². The first kappa shape index (κ1) is 16.6. The standard InChI is InChI=1S/C18H29ClN2/c1-14-8-6-5-7-11-21(14)17-12-16(19)10-9-15(17)13-20-18(2,3)4/h9-10,12,14,20H,5-8,11,13H2,1-4H3. The highest BCUT2D eigenvalue weighted by Crippen LogP contribution is 2.30. The zero-order chi connectivity index (χ0) is 15.5. The predicted octanol–water partition coefficient (Wildman–Crippen LogP) is 5.00. The number of hydrogen-bond donors (Lipinski definition) is 1. The summed E-state index contributed by atoms with van der Waals surface area (Å²) in [5.74, 6) is 0. The van der Waals surface area contributed by atoms with Gasteiger partial charge in [0.25, 0.3) is 0 Å². The Labute approximate surface area is 134 Å². The van der Waals surface area contributed by atoms with Crippen molar-refractivity contribution in [3.63, 3.8) is 0 Å².